The van der Waals surface area contributed by atoms with Gasteiger partial charge in [0.05, 0.1) is 21.8 Å². The maximum absolute atomic E-state index is 12.2. The van der Waals surface area contributed by atoms with Gasteiger partial charge in [0.1, 0.15) is 17.3 Å². The van der Waals surface area contributed by atoms with Crippen molar-refractivity contribution in [1.82, 2.24) is 14.8 Å². The lowest BCUT2D eigenvalue weighted by Gasteiger charge is -2.06. The van der Waals surface area contributed by atoms with Crippen LogP contribution in [-0.2, 0) is 18.4 Å². The van der Waals surface area contributed by atoms with E-state index >= 15 is 0 Å². The number of halogens is 1. The Morgan fingerprint density at radius 1 is 1.55 bits per heavy atom. The van der Waals surface area contributed by atoms with E-state index in [1.54, 1.807) is 12.6 Å². The molecule has 0 spiro atoms. The highest BCUT2D eigenvalue weighted by atomic mass is 35.5. The van der Waals surface area contributed by atoms with Crippen LogP contribution in [0, 0.1) is 6.92 Å². The second kappa shape index (κ2) is 5.93. The van der Waals surface area contributed by atoms with E-state index in [2.05, 4.69) is 10.1 Å². The number of hydrogen-bond acceptors (Lipinski definition) is 5. The maximum Gasteiger partial charge on any atom is 0.343 e. The van der Waals surface area contributed by atoms with Gasteiger partial charge in [-0.05, 0) is 12.8 Å². The minimum Gasteiger partial charge on any atom is -0.456 e. The largest absolute Gasteiger partial charge is 0.456 e. The van der Waals surface area contributed by atoms with Gasteiger partial charge in [-0.3, -0.25) is 4.68 Å². The number of esters is 1. The fourth-order valence-corrected chi connectivity index (χ4v) is 2.68. The molecule has 0 saturated carbocycles. The molecule has 0 aliphatic rings. The summed E-state index contributed by atoms with van der Waals surface area (Å²) in [5, 5.41) is 4.57. The molecule has 0 amide bonds. The number of rotatable bonds is 4. The molecule has 0 aromatic carbocycles. The smallest absolute Gasteiger partial charge is 0.343 e. The van der Waals surface area contributed by atoms with Crippen molar-refractivity contribution in [2.24, 2.45) is 7.05 Å². The topological polar surface area (TPSA) is 57.0 Å². The quantitative estimate of drug-likeness (QED) is 0.812. The lowest BCUT2D eigenvalue weighted by Crippen LogP contribution is -2.08. The van der Waals surface area contributed by atoms with Crippen molar-refractivity contribution in [2.45, 2.75) is 33.3 Å². The first-order chi connectivity index (χ1) is 9.41. The Balaban J connectivity index is 2.19. The summed E-state index contributed by atoms with van der Waals surface area (Å²) in [6.07, 6.45) is 0. The van der Waals surface area contributed by atoms with Crippen LogP contribution in [0.2, 0.25) is 5.15 Å². The molecule has 2 aromatic heterocycles. The molecule has 5 nitrogen and oxygen atoms in total. The summed E-state index contributed by atoms with van der Waals surface area (Å²) >= 11 is 7.60. The summed E-state index contributed by atoms with van der Waals surface area (Å²) in [5.74, 6) is -0.346. The SMILES string of the molecule is Cc1ncsc1COC(=O)c1c(C(C)C)nn(C)c1Cl. The number of aryl methyl sites for hydroxylation is 2. The van der Waals surface area contributed by atoms with E-state index in [-0.39, 0.29) is 12.5 Å². The van der Waals surface area contributed by atoms with E-state index in [0.717, 1.165) is 10.6 Å². The lowest BCUT2D eigenvalue weighted by atomic mass is 10.1. The number of hydrogen-bond donors (Lipinski definition) is 0. The van der Waals surface area contributed by atoms with E-state index in [4.69, 9.17) is 16.3 Å². The molecule has 0 aliphatic carbocycles. The van der Waals surface area contributed by atoms with Crippen LogP contribution in [0.4, 0.5) is 0 Å². The van der Waals surface area contributed by atoms with Crippen molar-refractivity contribution in [3.8, 4) is 0 Å². The summed E-state index contributed by atoms with van der Waals surface area (Å²) in [6, 6.07) is 0. The molecule has 0 N–H and O–H groups in total. The monoisotopic (exact) mass is 313 g/mol. The standard InChI is InChI=1S/C13H16ClN3O2S/c1-7(2)11-10(12(14)17(4)16-11)13(18)19-5-9-8(3)15-6-20-9/h6-7H,5H2,1-4H3. The number of nitrogens with zero attached hydrogens (tertiary/aromatic N) is 3. The van der Waals surface area contributed by atoms with Crippen molar-refractivity contribution in [2.75, 3.05) is 0 Å². The third-order valence-corrected chi connectivity index (χ3v) is 4.28. The van der Waals surface area contributed by atoms with Crippen LogP contribution in [0.3, 0.4) is 0 Å². The van der Waals surface area contributed by atoms with Gasteiger partial charge in [0.25, 0.3) is 0 Å². The molecule has 0 unspecified atom stereocenters. The molecule has 0 atom stereocenters. The highest BCUT2D eigenvalue weighted by Gasteiger charge is 2.24. The van der Waals surface area contributed by atoms with Gasteiger partial charge in [-0.2, -0.15) is 5.10 Å². The predicted octanol–water partition coefficient (Wildman–Crippen LogP) is 3.32. The Morgan fingerprint density at radius 3 is 2.80 bits per heavy atom. The number of thiazole rings is 1. The maximum atomic E-state index is 12.2. The van der Waals surface area contributed by atoms with Gasteiger partial charge >= 0.3 is 5.97 Å². The van der Waals surface area contributed by atoms with Gasteiger partial charge < -0.3 is 4.74 Å². The minimum absolute atomic E-state index is 0.0985. The summed E-state index contributed by atoms with van der Waals surface area (Å²) in [7, 11) is 1.71. The van der Waals surface area contributed by atoms with E-state index in [1.165, 1.54) is 16.0 Å². The Labute approximate surface area is 126 Å². The average Bonchev–Trinajstić information content (AvgIpc) is 2.92. The third kappa shape index (κ3) is 2.86. The second-order valence-electron chi connectivity index (χ2n) is 4.77. The van der Waals surface area contributed by atoms with Crippen LogP contribution in [-0.4, -0.2) is 20.7 Å². The van der Waals surface area contributed by atoms with Gasteiger partial charge in [-0.1, -0.05) is 25.4 Å². The van der Waals surface area contributed by atoms with Crippen LogP contribution in [0.5, 0.6) is 0 Å². The van der Waals surface area contributed by atoms with E-state index in [1.807, 2.05) is 20.8 Å². The van der Waals surface area contributed by atoms with Crippen molar-refractivity contribution >= 4 is 28.9 Å². The van der Waals surface area contributed by atoms with Crippen molar-refractivity contribution < 1.29 is 9.53 Å². The van der Waals surface area contributed by atoms with Crippen molar-refractivity contribution in [1.29, 1.82) is 0 Å². The second-order valence-corrected chi connectivity index (χ2v) is 6.06. The molecule has 2 heterocycles. The van der Waals surface area contributed by atoms with Crippen LogP contribution in [0.15, 0.2) is 5.51 Å². The van der Waals surface area contributed by atoms with E-state index in [9.17, 15) is 4.79 Å². The molecule has 0 radical (unpaired) electrons. The average molecular weight is 314 g/mol. The lowest BCUT2D eigenvalue weighted by molar-refractivity contribution is 0.0474. The van der Waals surface area contributed by atoms with Gasteiger partial charge in [0, 0.05) is 7.05 Å². The number of carbonyl (C=O) groups is 1. The summed E-state index contributed by atoms with van der Waals surface area (Å²) < 4.78 is 6.82. The highest BCUT2D eigenvalue weighted by Crippen LogP contribution is 2.26. The summed E-state index contributed by atoms with van der Waals surface area (Å²) in [6.45, 7) is 6.01. The molecule has 108 valence electrons. The number of aromatic nitrogens is 3. The highest BCUT2D eigenvalue weighted by molar-refractivity contribution is 7.09. The molecular weight excluding hydrogens is 298 g/mol. The Morgan fingerprint density at radius 2 is 2.25 bits per heavy atom. The molecule has 0 saturated heterocycles. The molecule has 20 heavy (non-hydrogen) atoms. The molecule has 0 fully saturated rings. The summed E-state index contributed by atoms with van der Waals surface area (Å²) in [5.41, 5.74) is 3.62. The Kier molecular flexibility index (Phi) is 4.45. The van der Waals surface area contributed by atoms with Gasteiger partial charge in [-0.15, -0.1) is 11.3 Å². The van der Waals surface area contributed by atoms with Gasteiger partial charge in [0.15, 0.2) is 0 Å². The molecule has 7 heteroatoms. The number of carbonyl (C=O) groups excluding carboxylic acids is 1. The minimum atomic E-state index is -0.445. The van der Waals surface area contributed by atoms with E-state index < -0.39 is 5.97 Å². The van der Waals surface area contributed by atoms with Gasteiger partial charge in [0.2, 0.25) is 0 Å². The number of ether oxygens (including phenoxy) is 1. The zero-order valence-electron chi connectivity index (χ0n) is 11.8. The van der Waals surface area contributed by atoms with Crippen LogP contribution >= 0.6 is 22.9 Å². The van der Waals surface area contributed by atoms with E-state index in [0.29, 0.717) is 16.4 Å². The first-order valence-electron chi connectivity index (χ1n) is 6.20. The first-order valence-corrected chi connectivity index (χ1v) is 7.46. The fourth-order valence-electron chi connectivity index (χ4n) is 1.78. The molecular formula is C13H16ClN3O2S. The van der Waals surface area contributed by atoms with Crippen LogP contribution in [0.1, 0.15) is 46.4 Å². The van der Waals surface area contributed by atoms with Crippen molar-refractivity contribution in [3.63, 3.8) is 0 Å². The molecule has 2 aromatic rings. The summed E-state index contributed by atoms with van der Waals surface area (Å²) in [4.78, 5) is 17.3. The fraction of sp³-hybridized carbons (Fsp3) is 0.462. The first kappa shape index (κ1) is 15.0. The normalized spacial score (nSPS) is 11.1. The molecule has 2 rings (SSSR count). The molecule has 0 aliphatic heterocycles. The molecule has 0 bridgehead atoms. The zero-order valence-corrected chi connectivity index (χ0v) is 13.4. The third-order valence-electron chi connectivity index (χ3n) is 2.93. The Hall–Kier alpha value is -1.40. The van der Waals surface area contributed by atoms with Crippen LogP contribution in [0.25, 0.3) is 0 Å². The van der Waals surface area contributed by atoms with Crippen LogP contribution < -0.4 is 0 Å². The van der Waals surface area contributed by atoms with Gasteiger partial charge in [-0.25, -0.2) is 9.78 Å². The predicted molar refractivity (Wildman–Crippen MR) is 78.3 cm³/mol. The van der Waals surface area contributed by atoms with Crippen molar-refractivity contribution in [3.05, 3.63) is 32.5 Å². The zero-order chi connectivity index (χ0) is 14.9. The Bertz CT molecular complexity index is 634.